The first-order valence-electron chi connectivity index (χ1n) is 3.81. The van der Waals surface area contributed by atoms with Crippen molar-refractivity contribution in [2.75, 3.05) is 0 Å². The summed E-state index contributed by atoms with van der Waals surface area (Å²) in [5.41, 5.74) is 2.50. The van der Waals surface area contributed by atoms with Crippen molar-refractivity contribution in [3.63, 3.8) is 0 Å². The molecule has 11 heavy (non-hydrogen) atoms. The Balaban J connectivity index is 2.29. The van der Waals surface area contributed by atoms with Crippen LogP contribution in [0.2, 0.25) is 0 Å². The van der Waals surface area contributed by atoms with Crippen LogP contribution in [0.25, 0.3) is 5.57 Å². The molecule has 0 amide bonds. The van der Waals surface area contributed by atoms with Gasteiger partial charge in [-0.15, -0.1) is 0 Å². The fourth-order valence-electron chi connectivity index (χ4n) is 1.26. The quantitative estimate of drug-likeness (QED) is 0.646. The molecule has 0 saturated heterocycles. The van der Waals surface area contributed by atoms with Crippen molar-refractivity contribution in [1.29, 1.82) is 0 Å². The van der Waals surface area contributed by atoms with Crippen molar-refractivity contribution in [2.45, 2.75) is 12.8 Å². The molecule has 1 aliphatic carbocycles. The minimum Gasteiger partial charge on any atom is -0.345 e. The molecule has 0 radical (unpaired) electrons. The van der Waals surface area contributed by atoms with Crippen LogP contribution in [0.5, 0.6) is 0 Å². The number of aromatic amines is 1. The first-order chi connectivity index (χ1) is 5.47. The maximum absolute atomic E-state index is 3.98. The van der Waals surface area contributed by atoms with Crippen LogP contribution in [-0.2, 0) is 0 Å². The van der Waals surface area contributed by atoms with Gasteiger partial charge in [0, 0.05) is 0 Å². The predicted octanol–water partition coefficient (Wildman–Crippen LogP) is 2.14. The molecule has 1 N–H and O–H groups in total. The van der Waals surface area contributed by atoms with Gasteiger partial charge in [0.1, 0.15) is 0 Å². The van der Waals surface area contributed by atoms with Crippen LogP contribution in [0.15, 0.2) is 30.8 Å². The lowest BCUT2D eigenvalue weighted by Crippen LogP contribution is -1.86. The van der Waals surface area contributed by atoms with Crippen LogP contribution < -0.4 is 0 Å². The van der Waals surface area contributed by atoms with Gasteiger partial charge >= 0.3 is 0 Å². The van der Waals surface area contributed by atoms with Crippen molar-refractivity contribution in [3.8, 4) is 0 Å². The average molecular weight is 146 g/mol. The third kappa shape index (κ3) is 1.24. The van der Waals surface area contributed by atoms with Crippen LogP contribution in [0.1, 0.15) is 18.5 Å². The highest BCUT2D eigenvalue weighted by Gasteiger charge is 2.02. The van der Waals surface area contributed by atoms with Gasteiger partial charge in [0.2, 0.25) is 0 Å². The monoisotopic (exact) mass is 146 g/mol. The number of nitrogens with zero attached hydrogens (tertiary/aromatic N) is 1. The Hall–Kier alpha value is -1.31. The lowest BCUT2D eigenvalue weighted by molar-refractivity contribution is 1.04. The molecule has 2 heteroatoms. The third-order valence-corrected chi connectivity index (χ3v) is 1.86. The number of aromatic nitrogens is 2. The Morgan fingerprint density at radius 3 is 3.09 bits per heavy atom. The molecule has 0 atom stereocenters. The second kappa shape index (κ2) is 2.74. The summed E-state index contributed by atoms with van der Waals surface area (Å²) in [5, 5.41) is 0. The van der Waals surface area contributed by atoms with E-state index in [0.29, 0.717) is 0 Å². The summed E-state index contributed by atoms with van der Waals surface area (Å²) in [4.78, 5) is 7.07. The van der Waals surface area contributed by atoms with Gasteiger partial charge in [0.05, 0.1) is 18.2 Å². The summed E-state index contributed by atoms with van der Waals surface area (Å²) in [6.45, 7) is 0. The zero-order valence-electron chi connectivity index (χ0n) is 6.25. The number of hydrogen-bond donors (Lipinski definition) is 1. The number of imidazole rings is 1. The van der Waals surface area contributed by atoms with Gasteiger partial charge in [-0.1, -0.05) is 18.2 Å². The second-order valence-electron chi connectivity index (χ2n) is 2.62. The fourth-order valence-corrected chi connectivity index (χ4v) is 1.26. The molecule has 2 nitrogen and oxygen atoms in total. The second-order valence-corrected chi connectivity index (χ2v) is 2.62. The molecule has 0 bridgehead atoms. The summed E-state index contributed by atoms with van der Waals surface area (Å²) in [6, 6.07) is 0. The molecule has 0 aliphatic heterocycles. The fraction of sp³-hybridized carbons (Fsp3) is 0.222. The van der Waals surface area contributed by atoms with Crippen LogP contribution in [0, 0.1) is 0 Å². The molecule has 2 rings (SSSR count). The lowest BCUT2D eigenvalue weighted by Gasteiger charge is -2.04. The highest BCUT2D eigenvalue weighted by Crippen LogP contribution is 2.20. The van der Waals surface area contributed by atoms with Crippen molar-refractivity contribution in [2.24, 2.45) is 0 Å². The summed E-state index contributed by atoms with van der Waals surface area (Å²) >= 11 is 0. The Bertz CT molecular complexity index is 281. The molecule has 0 fully saturated rings. The molecular formula is C9H10N2. The van der Waals surface area contributed by atoms with E-state index in [4.69, 9.17) is 0 Å². The first kappa shape index (κ1) is 6.40. The first-order valence-corrected chi connectivity index (χ1v) is 3.81. The maximum Gasteiger partial charge on any atom is 0.0924 e. The zero-order valence-corrected chi connectivity index (χ0v) is 6.25. The number of nitrogens with one attached hydrogen (secondary N) is 1. The van der Waals surface area contributed by atoms with Gasteiger partial charge in [0.15, 0.2) is 0 Å². The van der Waals surface area contributed by atoms with E-state index in [0.717, 1.165) is 18.5 Å². The van der Waals surface area contributed by atoms with Crippen molar-refractivity contribution in [3.05, 3.63) is 36.4 Å². The van der Waals surface area contributed by atoms with Crippen LogP contribution in [-0.4, -0.2) is 9.97 Å². The van der Waals surface area contributed by atoms with E-state index in [2.05, 4.69) is 28.2 Å². The molecule has 56 valence electrons. The summed E-state index contributed by atoms with van der Waals surface area (Å²) in [5.74, 6) is 0. The van der Waals surface area contributed by atoms with Gasteiger partial charge in [-0.05, 0) is 18.4 Å². The molecule has 0 spiro atoms. The Labute approximate surface area is 65.7 Å². The largest absolute Gasteiger partial charge is 0.345 e. The van der Waals surface area contributed by atoms with Gasteiger partial charge in [-0.3, -0.25) is 0 Å². The van der Waals surface area contributed by atoms with Crippen molar-refractivity contribution < 1.29 is 0 Å². The SMILES string of the molecule is C1=CCCC(c2cnc[nH]2)=C1. The van der Waals surface area contributed by atoms with Crippen molar-refractivity contribution in [1.82, 2.24) is 9.97 Å². The number of allylic oxidation sites excluding steroid dienone is 4. The van der Waals surface area contributed by atoms with E-state index in [9.17, 15) is 0 Å². The molecule has 1 aliphatic rings. The predicted molar refractivity (Wildman–Crippen MR) is 44.9 cm³/mol. The standard InChI is InChI=1S/C9H10N2/c1-2-4-8(5-3-1)9-6-10-7-11-9/h1-2,4,6-7H,3,5H2,(H,10,11). The smallest absolute Gasteiger partial charge is 0.0924 e. The molecule has 1 aromatic heterocycles. The van der Waals surface area contributed by atoms with E-state index >= 15 is 0 Å². The lowest BCUT2D eigenvalue weighted by atomic mass is 10.0. The van der Waals surface area contributed by atoms with E-state index in [1.54, 1.807) is 6.33 Å². The van der Waals surface area contributed by atoms with Gasteiger partial charge in [-0.25, -0.2) is 4.98 Å². The van der Waals surface area contributed by atoms with Crippen LogP contribution >= 0.6 is 0 Å². The topological polar surface area (TPSA) is 28.7 Å². The molecule has 0 aromatic carbocycles. The third-order valence-electron chi connectivity index (χ3n) is 1.86. The zero-order chi connectivity index (χ0) is 7.52. The van der Waals surface area contributed by atoms with Crippen LogP contribution in [0.3, 0.4) is 0 Å². The van der Waals surface area contributed by atoms with E-state index in [1.807, 2.05) is 6.20 Å². The van der Waals surface area contributed by atoms with Crippen LogP contribution in [0.4, 0.5) is 0 Å². The molecule has 0 unspecified atom stereocenters. The summed E-state index contributed by atoms with van der Waals surface area (Å²) in [7, 11) is 0. The molecule has 1 heterocycles. The Morgan fingerprint density at radius 1 is 1.45 bits per heavy atom. The average Bonchev–Trinajstić information content (AvgIpc) is 2.58. The summed E-state index contributed by atoms with van der Waals surface area (Å²) < 4.78 is 0. The Kier molecular flexibility index (Phi) is 1.60. The van der Waals surface area contributed by atoms with Crippen molar-refractivity contribution >= 4 is 5.57 Å². The van der Waals surface area contributed by atoms with Gasteiger partial charge < -0.3 is 4.98 Å². The minimum absolute atomic E-state index is 1.12. The highest BCUT2D eigenvalue weighted by atomic mass is 14.9. The van der Waals surface area contributed by atoms with E-state index in [-0.39, 0.29) is 0 Å². The molecular weight excluding hydrogens is 136 g/mol. The van der Waals surface area contributed by atoms with E-state index in [1.165, 1.54) is 5.57 Å². The minimum atomic E-state index is 1.12. The van der Waals surface area contributed by atoms with E-state index < -0.39 is 0 Å². The molecule has 1 aromatic rings. The number of rotatable bonds is 1. The normalized spacial score (nSPS) is 16.5. The highest BCUT2D eigenvalue weighted by molar-refractivity contribution is 5.64. The number of H-pyrrole nitrogens is 1. The van der Waals surface area contributed by atoms with Gasteiger partial charge in [-0.2, -0.15) is 0 Å². The number of hydrogen-bond acceptors (Lipinski definition) is 1. The molecule has 0 saturated carbocycles. The van der Waals surface area contributed by atoms with Gasteiger partial charge in [0.25, 0.3) is 0 Å². The summed E-state index contributed by atoms with van der Waals surface area (Å²) in [6.07, 6.45) is 12.3. The maximum atomic E-state index is 3.98. The Morgan fingerprint density at radius 2 is 2.45 bits per heavy atom.